The summed E-state index contributed by atoms with van der Waals surface area (Å²) in [5.41, 5.74) is 1.13. The quantitative estimate of drug-likeness (QED) is 0.626. The second-order valence-corrected chi connectivity index (χ2v) is 4.44. The van der Waals surface area contributed by atoms with E-state index in [4.69, 9.17) is 9.84 Å². The summed E-state index contributed by atoms with van der Waals surface area (Å²) in [6, 6.07) is 8.11. The highest BCUT2D eigenvalue weighted by Gasteiger charge is 1.95. The van der Waals surface area contributed by atoms with Crippen molar-refractivity contribution < 1.29 is 9.84 Å². The van der Waals surface area contributed by atoms with Crippen LogP contribution in [-0.4, -0.2) is 24.9 Å². The van der Waals surface area contributed by atoms with Crippen molar-refractivity contribution in [1.82, 2.24) is 0 Å². The summed E-state index contributed by atoms with van der Waals surface area (Å²) in [5.74, 6) is 0.939. The van der Waals surface area contributed by atoms with Crippen molar-refractivity contribution in [1.29, 1.82) is 0 Å². The van der Waals surface area contributed by atoms with Gasteiger partial charge in [0.25, 0.3) is 0 Å². The number of aliphatic hydroxyl groups is 1. The number of nitrogens with one attached hydrogen (secondary N) is 1. The molecule has 0 spiro atoms. The van der Waals surface area contributed by atoms with Gasteiger partial charge in [-0.15, -0.1) is 0 Å². The van der Waals surface area contributed by atoms with Gasteiger partial charge in [-0.25, -0.2) is 0 Å². The maximum atomic E-state index is 8.67. The summed E-state index contributed by atoms with van der Waals surface area (Å²) in [7, 11) is 0. The van der Waals surface area contributed by atoms with Gasteiger partial charge < -0.3 is 15.2 Å². The topological polar surface area (TPSA) is 41.5 Å². The Hall–Kier alpha value is -1.22. The summed E-state index contributed by atoms with van der Waals surface area (Å²) in [6.07, 6.45) is 5.32. The van der Waals surface area contributed by atoms with Gasteiger partial charge in [0.1, 0.15) is 5.75 Å². The van der Waals surface area contributed by atoms with Gasteiger partial charge in [0.2, 0.25) is 0 Å². The summed E-state index contributed by atoms with van der Waals surface area (Å²) < 4.78 is 5.60. The van der Waals surface area contributed by atoms with Crippen LogP contribution >= 0.6 is 0 Å². The fourth-order valence-corrected chi connectivity index (χ4v) is 1.65. The largest absolute Gasteiger partial charge is 0.494 e. The van der Waals surface area contributed by atoms with Crippen LogP contribution in [0.25, 0.3) is 0 Å². The molecular weight excluding hydrogens is 226 g/mol. The fraction of sp³-hybridized carbons (Fsp3) is 0.600. The van der Waals surface area contributed by atoms with E-state index in [0.29, 0.717) is 6.61 Å². The van der Waals surface area contributed by atoms with Crippen molar-refractivity contribution in [2.45, 2.75) is 39.0 Å². The number of hydrogen-bond acceptors (Lipinski definition) is 3. The van der Waals surface area contributed by atoms with Crippen LogP contribution in [0, 0.1) is 0 Å². The van der Waals surface area contributed by atoms with Crippen LogP contribution in [0.5, 0.6) is 5.75 Å². The molecule has 0 saturated heterocycles. The average Bonchev–Trinajstić information content (AvgIpc) is 2.40. The summed E-state index contributed by atoms with van der Waals surface area (Å²) in [5, 5.41) is 12.0. The Morgan fingerprint density at radius 1 is 1.06 bits per heavy atom. The smallest absolute Gasteiger partial charge is 0.119 e. The molecule has 0 heterocycles. The normalized spacial score (nSPS) is 10.3. The first-order chi connectivity index (χ1) is 8.86. The zero-order valence-electron chi connectivity index (χ0n) is 11.3. The standard InChI is InChI=1S/C15H25NO2/c1-2-3-13-18-15-9-7-14(8-10-15)16-11-5-4-6-12-17/h7-10,16-17H,2-6,11-13H2,1H3. The average molecular weight is 251 g/mol. The van der Waals surface area contributed by atoms with Gasteiger partial charge in [-0.05, 0) is 49.9 Å². The van der Waals surface area contributed by atoms with E-state index in [1.54, 1.807) is 0 Å². The minimum absolute atomic E-state index is 0.295. The fourth-order valence-electron chi connectivity index (χ4n) is 1.65. The van der Waals surface area contributed by atoms with Crippen LogP contribution in [-0.2, 0) is 0 Å². The van der Waals surface area contributed by atoms with Gasteiger partial charge >= 0.3 is 0 Å². The lowest BCUT2D eigenvalue weighted by Crippen LogP contribution is -2.02. The summed E-state index contributed by atoms with van der Waals surface area (Å²) in [4.78, 5) is 0. The van der Waals surface area contributed by atoms with E-state index < -0.39 is 0 Å². The molecule has 102 valence electrons. The molecule has 3 heteroatoms. The Balaban J connectivity index is 2.19. The first kappa shape index (κ1) is 14.8. The molecular formula is C15H25NO2. The summed E-state index contributed by atoms with van der Waals surface area (Å²) in [6.45, 7) is 4.21. The highest BCUT2D eigenvalue weighted by Crippen LogP contribution is 2.16. The van der Waals surface area contributed by atoms with Crippen molar-refractivity contribution in [2.75, 3.05) is 25.1 Å². The van der Waals surface area contributed by atoms with Gasteiger partial charge in [-0.3, -0.25) is 0 Å². The van der Waals surface area contributed by atoms with Crippen LogP contribution < -0.4 is 10.1 Å². The van der Waals surface area contributed by atoms with Crippen molar-refractivity contribution in [3.63, 3.8) is 0 Å². The van der Waals surface area contributed by atoms with Crippen molar-refractivity contribution in [3.8, 4) is 5.75 Å². The number of aliphatic hydroxyl groups excluding tert-OH is 1. The SMILES string of the molecule is CCCCOc1ccc(NCCCCCO)cc1. The zero-order chi connectivity index (χ0) is 13.1. The molecule has 1 rings (SSSR count). The van der Waals surface area contributed by atoms with E-state index >= 15 is 0 Å². The molecule has 18 heavy (non-hydrogen) atoms. The Kier molecular flexibility index (Phi) is 8.06. The molecule has 0 radical (unpaired) electrons. The van der Waals surface area contributed by atoms with Gasteiger partial charge in [0.15, 0.2) is 0 Å². The molecule has 0 amide bonds. The molecule has 1 aromatic rings. The Bertz CT molecular complexity index is 298. The first-order valence-electron chi connectivity index (χ1n) is 6.94. The van der Waals surface area contributed by atoms with Crippen molar-refractivity contribution in [2.24, 2.45) is 0 Å². The third-order valence-corrected chi connectivity index (χ3v) is 2.78. The lowest BCUT2D eigenvalue weighted by Gasteiger charge is -2.08. The molecule has 0 bridgehead atoms. The molecule has 0 aliphatic carbocycles. The van der Waals surface area contributed by atoms with E-state index in [2.05, 4.69) is 12.2 Å². The zero-order valence-corrected chi connectivity index (χ0v) is 11.3. The van der Waals surface area contributed by atoms with Crippen LogP contribution in [0.1, 0.15) is 39.0 Å². The third kappa shape index (κ3) is 6.50. The Labute approximate surface area is 110 Å². The maximum absolute atomic E-state index is 8.67. The van der Waals surface area contributed by atoms with Gasteiger partial charge in [0.05, 0.1) is 6.61 Å². The maximum Gasteiger partial charge on any atom is 0.119 e. The number of unbranched alkanes of at least 4 members (excludes halogenated alkanes) is 3. The van der Waals surface area contributed by atoms with E-state index in [1.165, 1.54) is 0 Å². The van der Waals surface area contributed by atoms with Crippen LogP contribution in [0.4, 0.5) is 5.69 Å². The van der Waals surface area contributed by atoms with E-state index in [0.717, 1.165) is 56.7 Å². The minimum atomic E-state index is 0.295. The van der Waals surface area contributed by atoms with Crippen LogP contribution in [0.3, 0.4) is 0 Å². The molecule has 0 fully saturated rings. The molecule has 2 N–H and O–H groups in total. The van der Waals surface area contributed by atoms with E-state index in [1.807, 2.05) is 24.3 Å². The highest BCUT2D eigenvalue weighted by molar-refractivity contribution is 5.46. The lowest BCUT2D eigenvalue weighted by molar-refractivity contribution is 0.283. The molecule has 0 aliphatic rings. The number of rotatable bonds is 10. The predicted octanol–water partition coefficient (Wildman–Crippen LogP) is 3.44. The number of ether oxygens (including phenoxy) is 1. The minimum Gasteiger partial charge on any atom is -0.494 e. The predicted molar refractivity (Wildman–Crippen MR) is 76.3 cm³/mol. The van der Waals surface area contributed by atoms with Gasteiger partial charge in [-0.1, -0.05) is 13.3 Å². The van der Waals surface area contributed by atoms with E-state index in [-0.39, 0.29) is 0 Å². The number of anilines is 1. The van der Waals surface area contributed by atoms with E-state index in [9.17, 15) is 0 Å². The molecule has 0 unspecified atom stereocenters. The number of benzene rings is 1. The van der Waals surface area contributed by atoms with Crippen LogP contribution in [0.2, 0.25) is 0 Å². The molecule has 1 aromatic carbocycles. The molecule has 3 nitrogen and oxygen atoms in total. The first-order valence-corrected chi connectivity index (χ1v) is 6.94. The van der Waals surface area contributed by atoms with Crippen LogP contribution in [0.15, 0.2) is 24.3 Å². The molecule has 0 aliphatic heterocycles. The lowest BCUT2D eigenvalue weighted by atomic mass is 10.2. The second-order valence-electron chi connectivity index (χ2n) is 4.44. The molecule has 0 aromatic heterocycles. The van der Waals surface area contributed by atoms with Gasteiger partial charge in [0, 0.05) is 18.8 Å². The third-order valence-electron chi connectivity index (χ3n) is 2.78. The molecule has 0 atom stereocenters. The van der Waals surface area contributed by atoms with Gasteiger partial charge in [-0.2, -0.15) is 0 Å². The van der Waals surface area contributed by atoms with Crippen molar-refractivity contribution >= 4 is 5.69 Å². The Morgan fingerprint density at radius 3 is 2.50 bits per heavy atom. The Morgan fingerprint density at radius 2 is 1.83 bits per heavy atom. The van der Waals surface area contributed by atoms with Crippen molar-refractivity contribution in [3.05, 3.63) is 24.3 Å². The number of hydrogen-bond donors (Lipinski definition) is 2. The monoisotopic (exact) mass is 251 g/mol. The molecule has 0 saturated carbocycles. The second kappa shape index (κ2) is 9.77. The summed E-state index contributed by atoms with van der Waals surface area (Å²) >= 11 is 0. The highest BCUT2D eigenvalue weighted by atomic mass is 16.5.